The van der Waals surface area contributed by atoms with E-state index in [1.54, 1.807) is 36.4 Å². The molecule has 13 heteroatoms. The van der Waals surface area contributed by atoms with Crippen LogP contribution in [0.4, 0.5) is 23.1 Å². The highest BCUT2D eigenvalue weighted by atomic mass is 16.5. The number of aryl methyl sites for hydroxylation is 2. The van der Waals surface area contributed by atoms with Gasteiger partial charge < -0.3 is 25.4 Å². The molecule has 3 heterocycles. The van der Waals surface area contributed by atoms with E-state index < -0.39 is 5.97 Å². The van der Waals surface area contributed by atoms with Crippen LogP contribution >= 0.6 is 0 Å². The molecule has 0 atom stereocenters. The fourth-order valence-electron chi connectivity index (χ4n) is 3.54. The molecule has 0 unspecified atom stereocenters. The number of para-hydroxylation sites is 1. The molecule has 0 spiro atoms. The Hall–Kier alpha value is -4.52. The molecule has 0 radical (unpaired) electrons. The van der Waals surface area contributed by atoms with Gasteiger partial charge in [0.1, 0.15) is 11.9 Å². The van der Waals surface area contributed by atoms with E-state index in [-0.39, 0.29) is 17.3 Å². The molecule has 0 aliphatic carbocycles. The first kappa shape index (κ1) is 24.6. The van der Waals surface area contributed by atoms with Gasteiger partial charge in [-0.3, -0.25) is 9.36 Å². The number of benzene rings is 1. The molecular formula is C23H28N10O3. The molecule has 1 aromatic carbocycles. The maximum Gasteiger partial charge on any atom is 0.341 e. The minimum absolute atomic E-state index is 0.0941. The Morgan fingerprint density at radius 2 is 2.03 bits per heavy atom. The van der Waals surface area contributed by atoms with Crippen LogP contribution in [0.15, 0.2) is 43.1 Å². The van der Waals surface area contributed by atoms with Crippen molar-refractivity contribution in [1.82, 2.24) is 39.4 Å². The van der Waals surface area contributed by atoms with Crippen molar-refractivity contribution in [2.24, 2.45) is 7.05 Å². The van der Waals surface area contributed by atoms with Crippen LogP contribution in [0, 0.1) is 0 Å². The molecule has 0 aliphatic rings. The van der Waals surface area contributed by atoms with Gasteiger partial charge in [0, 0.05) is 26.0 Å². The number of ether oxygens (including phenoxy) is 1. The Morgan fingerprint density at radius 3 is 2.72 bits per heavy atom. The first-order chi connectivity index (χ1) is 17.3. The summed E-state index contributed by atoms with van der Waals surface area (Å²) in [7, 11) is 7.35. The second-order valence-electron chi connectivity index (χ2n) is 8.29. The quantitative estimate of drug-likeness (QED) is 0.284. The van der Waals surface area contributed by atoms with Gasteiger partial charge in [0.25, 0.3) is 0 Å². The van der Waals surface area contributed by atoms with Crippen molar-refractivity contribution in [3.05, 3.63) is 48.7 Å². The number of methoxy groups -OCH3 is 1. The highest BCUT2D eigenvalue weighted by Gasteiger charge is 2.19. The van der Waals surface area contributed by atoms with Crippen molar-refractivity contribution in [1.29, 1.82) is 0 Å². The maximum atomic E-state index is 11.9. The van der Waals surface area contributed by atoms with E-state index in [4.69, 9.17) is 4.74 Å². The number of carboxylic acid groups (broad SMARTS) is 1. The number of nitrogens with zero attached hydrogens (tertiary/aromatic N) is 8. The van der Waals surface area contributed by atoms with Crippen LogP contribution in [0.1, 0.15) is 16.8 Å². The summed E-state index contributed by atoms with van der Waals surface area (Å²) in [5.74, 6) is 0.0789. The number of aromatic nitrogens is 7. The van der Waals surface area contributed by atoms with Gasteiger partial charge in [-0.2, -0.15) is 15.2 Å². The van der Waals surface area contributed by atoms with Crippen LogP contribution in [0.25, 0.3) is 11.4 Å². The zero-order chi connectivity index (χ0) is 25.7. The monoisotopic (exact) mass is 492 g/mol. The number of hydrogen-bond donors (Lipinski definition) is 3. The molecular weight excluding hydrogens is 464 g/mol. The van der Waals surface area contributed by atoms with Crippen molar-refractivity contribution >= 4 is 29.1 Å². The number of carbonyl (C=O) groups is 1. The normalized spacial score (nSPS) is 11.0. The molecule has 3 N–H and O–H groups in total. The van der Waals surface area contributed by atoms with E-state index in [2.05, 4.69) is 40.7 Å². The summed E-state index contributed by atoms with van der Waals surface area (Å²) in [6, 6.07) is 5.37. The second kappa shape index (κ2) is 10.8. The van der Waals surface area contributed by atoms with Crippen LogP contribution in [-0.4, -0.2) is 78.2 Å². The molecule has 0 amide bonds. The molecule has 0 fully saturated rings. The lowest BCUT2D eigenvalue weighted by atomic mass is 10.1. The third-order valence-corrected chi connectivity index (χ3v) is 5.21. The molecule has 0 saturated heterocycles. The van der Waals surface area contributed by atoms with Crippen molar-refractivity contribution in [3.63, 3.8) is 0 Å². The number of carboxylic acids is 1. The zero-order valence-electron chi connectivity index (χ0n) is 20.5. The van der Waals surface area contributed by atoms with Crippen LogP contribution in [0.3, 0.4) is 0 Å². The van der Waals surface area contributed by atoms with Crippen molar-refractivity contribution in [2.75, 3.05) is 38.4 Å². The largest absolute Gasteiger partial charge is 0.494 e. The summed E-state index contributed by atoms with van der Waals surface area (Å²) in [6.07, 6.45) is 7.32. The van der Waals surface area contributed by atoms with E-state index in [9.17, 15) is 9.90 Å². The first-order valence-corrected chi connectivity index (χ1v) is 11.2. The summed E-state index contributed by atoms with van der Waals surface area (Å²) in [5, 5.41) is 24.5. The fraction of sp³-hybridized carbons (Fsp3) is 0.304. The van der Waals surface area contributed by atoms with E-state index in [0.717, 1.165) is 19.5 Å². The SMILES string of the molecule is COc1c(Nc2nc(Nc3cnn(CCCN(C)C)c3)ncc2C(=O)O)cccc1-c1ncn(C)n1. The summed E-state index contributed by atoms with van der Waals surface area (Å²) >= 11 is 0. The summed E-state index contributed by atoms with van der Waals surface area (Å²) in [6.45, 7) is 1.73. The molecule has 0 bridgehead atoms. The van der Waals surface area contributed by atoms with Gasteiger partial charge in [0.15, 0.2) is 17.4 Å². The first-order valence-electron chi connectivity index (χ1n) is 11.2. The zero-order valence-corrected chi connectivity index (χ0v) is 20.5. The molecule has 0 aliphatic heterocycles. The van der Waals surface area contributed by atoms with Crippen LogP contribution in [0.5, 0.6) is 5.75 Å². The Bertz CT molecular complexity index is 1350. The summed E-state index contributed by atoms with van der Waals surface area (Å²) in [5.41, 5.74) is 1.75. The number of hydrogen-bond acceptors (Lipinski definition) is 10. The molecule has 13 nitrogen and oxygen atoms in total. The Labute approximate surface area is 207 Å². The lowest BCUT2D eigenvalue weighted by Gasteiger charge is -2.15. The molecule has 3 aromatic heterocycles. The average molecular weight is 493 g/mol. The predicted octanol–water partition coefficient (Wildman–Crippen LogP) is 2.61. The molecule has 4 aromatic rings. The van der Waals surface area contributed by atoms with Crippen LogP contribution in [-0.2, 0) is 13.6 Å². The van der Waals surface area contributed by atoms with Gasteiger partial charge in [-0.1, -0.05) is 6.07 Å². The molecule has 188 valence electrons. The average Bonchev–Trinajstić information content (AvgIpc) is 3.47. The third kappa shape index (κ3) is 5.75. The number of nitrogens with one attached hydrogen (secondary N) is 2. The Balaban J connectivity index is 1.59. The molecule has 36 heavy (non-hydrogen) atoms. The standard InChI is InChI=1S/C23H28N10O3/c1-31(2)9-6-10-33-13-15(11-26-33)27-23-24-12-17(22(34)35)21(29-23)28-18-8-5-7-16(19(18)36-4)20-25-14-32(3)30-20/h5,7-8,11-14H,6,9-10H2,1-4H3,(H,34,35)(H2,24,27,28,29). The van der Waals surface area contributed by atoms with E-state index >= 15 is 0 Å². The Morgan fingerprint density at radius 1 is 1.19 bits per heavy atom. The fourth-order valence-corrected chi connectivity index (χ4v) is 3.54. The summed E-state index contributed by atoms with van der Waals surface area (Å²) in [4.78, 5) is 26.8. The van der Waals surface area contributed by atoms with E-state index in [0.29, 0.717) is 28.5 Å². The summed E-state index contributed by atoms with van der Waals surface area (Å²) < 4.78 is 9.04. The van der Waals surface area contributed by atoms with Gasteiger partial charge in [-0.05, 0) is 39.2 Å². The van der Waals surface area contributed by atoms with Gasteiger partial charge in [-0.15, -0.1) is 0 Å². The van der Waals surface area contributed by atoms with Crippen LogP contribution < -0.4 is 15.4 Å². The second-order valence-corrected chi connectivity index (χ2v) is 8.29. The highest BCUT2D eigenvalue weighted by molar-refractivity contribution is 5.94. The highest BCUT2D eigenvalue weighted by Crippen LogP contribution is 2.36. The number of rotatable bonds is 11. The van der Waals surface area contributed by atoms with E-state index in [1.165, 1.54) is 13.3 Å². The van der Waals surface area contributed by atoms with Crippen molar-refractivity contribution in [3.8, 4) is 17.1 Å². The number of anilines is 4. The van der Waals surface area contributed by atoms with E-state index in [1.807, 2.05) is 31.0 Å². The molecule has 4 rings (SSSR count). The predicted molar refractivity (Wildman–Crippen MR) is 134 cm³/mol. The van der Waals surface area contributed by atoms with Crippen molar-refractivity contribution in [2.45, 2.75) is 13.0 Å². The topological polar surface area (TPSA) is 148 Å². The maximum absolute atomic E-state index is 11.9. The van der Waals surface area contributed by atoms with Crippen LogP contribution in [0.2, 0.25) is 0 Å². The third-order valence-electron chi connectivity index (χ3n) is 5.21. The van der Waals surface area contributed by atoms with Gasteiger partial charge in [-0.25, -0.2) is 14.8 Å². The smallest absolute Gasteiger partial charge is 0.341 e. The lowest BCUT2D eigenvalue weighted by molar-refractivity contribution is 0.0697. The minimum atomic E-state index is -1.17. The van der Waals surface area contributed by atoms with Gasteiger partial charge >= 0.3 is 5.97 Å². The number of aromatic carboxylic acids is 1. The molecule has 0 saturated carbocycles. The lowest BCUT2D eigenvalue weighted by Crippen LogP contribution is -2.15. The van der Waals surface area contributed by atoms with Crippen molar-refractivity contribution < 1.29 is 14.6 Å². The minimum Gasteiger partial charge on any atom is -0.494 e. The Kier molecular flexibility index (Phi) is 7.39. The van der Waals surface area contributed by atoms with Gasteiger partial charge in [0.05, 0.1) is 30.2 Å². The van der Waals surface area contributed by atoms with Gasteiger partial charge in [0.2, 0.25) is 5.95 Å².